The zero-order valence-corrected chi connectivity index (χ0v) is 18.0. The number of methoxy groups -OCH3 is 2. The normalized spacial score (nSPS) is 13.8. The first kappa shape index (κ1) is 23.2. The first-order valence-corrected chi connectivity index (χ1v) is 9.61. The summed E-state index contributed by atoms with van der Waals surface area (Å²) in [6.07, 6.45) is 1.09. The number of ether oxygens (including phenoxy) is 2. The lowest BCUT2D eigenvalue weighted by Crippen LogP contribution is -2.26. The molecule has 0 fully saturated rings. The number of allylic oxidation sites excluding steroid dienone is 2. The summed E-state index contributed by atoms with van der Waals surface area (Å²) in [5, 5.41) is 21.6. The van der Waals surface area contributed by atoms with Crippen LogP contribution in [0.4, 0.5) is 5.82 Å². The Hall–Kier alpha value is -4.47. The van der Waals surface area contributed by atoms with Crippen LogP contribution < -0.4 is 5.32 Å². The summed E-state index contributed by atoms with van der Waals surface area (Å²) in [5.41, 5.74) is 0.720. The molecule has 1 aliphatic carbocycles. The van der Waals surface area contributed by atoms with Gasteiger partial charge in [-0.15, -0.1) is 0 Å². The van der Waals surface area contributed by atoms with Gasteiger partial charge in [-0.25, -0.2) is 9.78 Å². The highest BCUT2D eigenvalue weighted by atomic mass is 16.5. The number of benzene rings is 1. The number of amides is 1. The second kappa shape index (κ2) is 9.35. The summed E-state index contributed by atoms with van der Waals surface area (Å²) in [7, 11) is 2.53. The van der Waals surface area contributed by atoms with Crippen molar-refractivity contribution in [3.63, 3.8) is 0 Å². The van der Waals surface area contributed by atoms with Gasteiger partial charge in [-0.3, -0.25) is 14.4 Å². The van der Waals surface area contributed by atoms with Crippen molar-refractivity contribution in [2.24, 2.45) is 0 Å². The lowest BCUT2D eigenvalue weighted by atomic mass is 9.88. The number of anilines is 1. The molecular weight excluding hydrogens is 432 g/mol. The molecule has 3 N–H and O–H groups in total. The number of hydrogen-bond donors (Lipinski definition) is 3. The third kappa shape index (κ3) is 4.59. The molecule has 10 nitrogen and oxygen atoms in total. The molecule has 1 aromatic carbocycles. The highest BCUT2D eigenvalue weighted by Crippen LogP contribution is 2.29. The molecule has 0 saturated carbocycles. The molecule has 2 aromatic rings. The average Bonchev–Trinajstić information content (AvgIpc) is 2.80. The number of nitrogens with one attached hydrogen (secondary N) is 1. The number of rotatable bonds is 7. The highest BCUT2D eigenvalue weighted by molar-refractivity contribution is 6.23. The van der Waals surface area contributed by atoms with E-state index in [-0.39, 0.29) is 51.8 Å². The van der Waals surface area contributed by atoms with Crippen LogP contribution in [0, 0.1) is 0 Å². The summed E-state index contributed by atoms with van der Waals surface area (Å²) < 4.78 is 10.1. The fourth-order valence-corrected chi connectivity index (χ4v) is 3.26. The monoisotopic (exact) mass is 452 g/mol. The van der Waals surface area contributed by atoms with Gasteiger partial charge < -0.3 is 25.0 Å². The van der Waals surface area contributed by atoms with Crippen molar-refractivity contribution in [1.29, 1.82) is 0 Å². The Morgan fingerprint density at radius 2 is 1.70 bits per heavy atom. The standard InChI is InChI=1S/C23H20N2O8/c1-11-14(19(28)21(33-3)20(32-2)18(11)27)8-12-4-6-16(26)15(9-12)22(29)25-17-7-5-13(10-24-17)23(30)31/h4-7,9-10,26H,8H2,1-3H3,(H,30,31)(H,24,25,29). The van der Waals surface area contributed by atoms with Crippen LogP contribution in [0.5, 0.6) is 5.75 Å². The Bertz CT molecular complexity index is 1230. The second-order valence-electron chi connectivity index (χ2n) is 7.05. The van der Waals surface area contributed by atoms with E-state index in [0.29, 0.717) is 5.56 Å². The van der Waals surface area contributed by atoms with Crippen LogP contribution in [0.2, 0.25) is 0 Å². The molecule has 0 bridgehead atoms. The number of carboxylic acid groups (broad SMARTS) is 1. The van der Waals surface area contributed by atoms with Crippen molar-refractivity contribution in [3.8, 4) is 5.75 Å². The van der Waals surface area contributed by atoms with Crippen LogP contribution in [0.1, 0.15) is 33.2 Å². The number of pyridine rings is 1. The Morgan fingerprint density at radius 1 is 1.03 bits per heavy atom. The quantitative estimate of drug-likeness (QED) is 0.537. The van der Waals surface area contributed by atoms with Gasteiger partial charge in [0.25, 0.3) is 5.91 Å². The number of nitrogens with zero attached hydrogens (tertiary/aromatic N) is 1. The molecule has 0 unspecified atom stereocenters. The van der Waals surface area contributed by atoms with Crippen molar-refractivity contribution >= 4 is 29.3 Å². The summed E-state index contributed by atoms with van der Waals surface area (Å²) in [5.74, 6) is -3.43. The van der Waals surface area contributed by atoms with Crippen molar-refractivity contribution < 1.29 is 38.9 Å². The minimum Gasteiger partial charge on any atom is -0.507 e. The van der Waals surface area contributed by atoms with E-state index in [4.69, 9.17) is 14.6 Å². The van der Waals surface area contributed by atoms with Crippen LogP contribution in [-0.4, -0.2) is 52.9 Å². The zero-order valence-electron chi connectivity index (χ0n) is 18.0. The van der Waals surface area contributed by atoms with Gasteiger partial charge in [-0.2, -0.15) is 0 Å². The largest absolute Gasteiger partial charge is 0.507 e. The van der Waals surface area contributed by atoms with Crippen LogP contribution >= 0.6 is 0 Å². The number of hydrogen-bond acceptors (Lipinski definition) is 8. The summed E-state index contributed by atoms with van der Waals surface area (Å²) in [6, 6.07) is 6.79. The van der Waals surface area contributed by atoms with E-state index in [2.05, 4.69) is 10.3 Å². The van der Waals surface area contributed by atoms with Crippen LogP contribution in [0.15, 0.2) is 59.2 Å². The molecule has 0 radical (unpaired) electrons. The SMILES string of the molecule is COC1=C(OC)C(=O)C(Cc2ccc(O)c(C(=O)Nc3ccc(C(=O)O)cn3)c2)=C(C)C1=O. The van der Waals surface area contributed by atoms with Crippen molar-refractivity contribution in [1.82, 2.24) is 4.98 Å². The Balaban J connectivity index is 1.86. The van der Waals surface area contributed by atoms with Crippen LogP contribution in [-0.2, 0) is 25.5 Å². The number of carboxylic acids is 1. The van der Waals surface area contributed by atoms with Crippen LogP contribution in [0.3, 0.4) is 0 Å². The third-order valence-electron chi connectivity index (χ3n) is 5.03. The first-order chi connectivity index (χ1) is 15.7. The number of phenolic OH excluding ortho intramolecular Hbond substituents is 1. The smallest absolute Gasteiger partial charge is 0.337 e. The topological polar surface area (TPSA) is 152 Å². The van der Waals surface area contributed by atoms with Gasteiger partial charge in [-0.1, -0.05) is 6.07 Å². The van der Waals surface area contributed by atoms with Crippen molar-refractivity contribution in [2.75, 3.05) is 19.5 Å². The van der Waals surface area contributed by atoms with E-state index in [0.717, 1.165) is 6.20 Å². The van der Waals surface area contributed by atoms with E-state index in [1.807, 2.05) is 0 Å². The number of phenols is 1. The van der Waals surface area contributed by atoms with Crippen LogP contribution in [0.25, 0.3) is 0 Å². The molecule has 1 heterocycles. The molecule has 1 aliphatic rings. The van der Waals surface area contributed by atoms with E-state index >= 15 is 0 Å². The fraction of sp³-hybridized carbons (Fsp3) is 0.174. The molecule has 3 rings (SSSR count). The number of carbonyl (C=O) groups is 4. The highest BCUT2D eigenvalue weighted by Gasteiger charge is 2.34. The van der Waals surface area contributed by atoms with Gasteiger partial charge in [0.2, 0.25) is 23.1 Å². The van der Waals surface area contributed by atoms with Crippen molar-refractivity contribution in [3.05, 3.63) is 75.9 Å². The Kier molecular flexibility index (Phi) is 6.57. The molecule has 10 heteroatoms. The van der Waals surface area contributed by atoms with Gasteiger partial charge >= 0.3 is 5.97 Å². The molecule has 0 saturated heterocycles. The molecular formula is C23H20N2O8. The lowest BCUT2D eigenvalue weighted by Gasteiger charge is -2.20. The number of aromatic hydroxyl groups is 1. The predicted octanol–water partition coefficient (Wildman–Crippen LogP) is 2.25. The van der Waals surface area contributed by atoms with Gasteiger partial charge in [0.15, 0.2) is 0 Å². The Labute approximate surface area is 188 Å². The summed E-state index contributed by atoms with van der Waals surface area (Å²) in [6.45, 7) is 1.50. The molecule has 1 aromatic heterocycles. The van der Waals surface area contributed by atoms with Gasteiger partial charge in [0.1, 0.15) is 11.6 Å². The molecule has 0 atom stereocenters. The molecule has 0 aliphatic heterocycles. The number of aromatic carboxylic acids is 1. The second-order valence-corrected chi connectivity index (χ2v) is 7.05. The number of aromatic nitrogens is 1. The summed E-state index contributed by atoms with van der Waals surface area (Å²) in [4.78, 5) is 52.8. The predicted molar refractivity (Wildman–Crippen MR) is 115 cm³/mol. The molecule has 170 valence electrons. The van der Waals surface area contributed by atoms with Gasteiger partial charge in [0.05, 0.1) is 25.3 Å². The zero-order chi connectivity index (χ0) is 24.3. The molecule has 1 amide bonds. The van der Waals surface area contributed by atoms with E-state index < -0.39 is 23.4 Å². The molecule has 0 spiro atoms. The Morgan fingerprint density at radius 3 is 2.27 bits per heavy atom. The van der Waals surface area contributed by atoms with E-state index in [9.17, 15) is 24.3 Å². The lowest BCUT2D eigenvalue weighted by molar-refractivity contribution is -0.121. The third-order valence-corrected chi connectivity index (χ3v) is 5.03. The minimum atomic E-state index is -1.16. The van der Waals surface area contributed by atoms with Gasteiger partial charge in [-0.05, 0) is 36.8 Å². The number of ketones is 2. The van der Waals surface area contributed by atoms with E-state index in [1.165, 1.54) is 51.5 Å². The fourth-order valence-electron chi connectivity index (χ4n) is 3.26. The number of carbonyl (C=O) groups excluding carboxylic acids is 3. The van der Waals surface area contributed by atoms with E-state index in [1.54, 1.807) is 0 Å². The average molecular weight is 452 g/mol. The number of Topliss-reactive ketones (excluding diaryl/α,β-unsaturated/α-hetero) is 2. The maximum Gasteiger partial charge on any atom is 0.337 e. The minimum absolute atomic E-state index is 0.00633. The van der Waals surface area contributed by atoms with Crippen molar-refractivity contribution in [2.45, 2.75) is 13.3 Å². The maximum absolute atomic E-state index is 12.8. The molecule has 33 heavy (non-hydrogen) atoms. The van der Waals surface area contributed by atoms with Gasteiger partial charge in [0, 0.05) is 23.8 Å². The first-order valence-electron chi connectivity index (χ1n) is 9.61. The summed E-state index contributed by atoms with van der Waals surface area (Å²) >= 11 is 0. The maximum atomic E-state index is 12.8.